The molecule has 0 aliphatic rings. The van der Waals surface area contributed by atoms with Gasteiger partial charge in [0.15, 0.2) is 0 Å². The Labute approximate surface area is 80.3 Å². The smallest absolute Gasteiger partial charge is 0.389 e. The molecule has 0 unspecified atom stereocenters. The summed E-state index contributed by atoms with van der Waals surface area (Å²) in [6.07, 6.45) is -5.52. The zero-order chi connectivity index (χ0) is 11.2. The van der Waals surface area contributed by atoms with Crippen LogP contribution in [0.3, 0.4) is 0 Å². The maximum Gasteiger partial charge on any atom is 0.389 e. The van der Waals surface area contributed by atoms with Crippen LogP contribution in [-0.2, 0) is 4.79 Å². The minimum Gasteiger partial charge on any atom is -0.394 e. The summed E-state index contributed by atoms with van der Waals surface area (Å²) in [7, 11) is 0. The van der Waals surface area contributed by atoms with Gasteiger partial charge in [0.05, 0.1) is 19.1 Å². The SMILES string of the molecule is CC[C@@H](CO)NC(=O)CCC(F)(F)F. The van der Waals surface area contributed by atoms with Crippen molar-refractivity contribution in [1.29, 1.82) is 0 Å². The van der Waals surface area contributed by atoms with Gasteiger partial charge >= 0.3 is 6.18 Å². The Morgan fingerprint density at radius 2 is 2.07 bits per heavy atom. The number of hydrogen-bond acceptors (Lipinski definition) is 2. The van der Waals surface area contributed by atoms with Crippen molar-refractivity contribution >= 4 is 5.91 Å². The fourth-order valence-electron chi connectivity index (χ4n) is 0.832. The van der Waals surface area contributed by atoms with Gasteiger partial charge < -0.3 is 10.4 Å². The van der Waals surface area contributed by atoms with E-state index >= 15 is 0 Å². The molecule has 0 saturated heterocycles. The second kappa shape index (κ2) is 5.85. The van der Waals surface area contributed by atoms with Crippen LogP contribution in [0.5, 0.6) is 0 Å². The second-order valence-electron chi connectivity index (χ2n) is 2.97. The van der Waals surface area contributed by atoms with Crippen molar-refractivity contribution in [2.75, 3.05) is 6.61 Å². The van der Waals surface area contributed by atoms with Crippen molar-refractivity contribution in [2.24, 2.45) is 0 Å². The van der Waals surface area contributed by atoms with Gasteiger partial charge in [-0.2, -0.15) is 13.2 Å². The van der Waals surface area contributed by atoms with Gasteiger partial charge in [-0.1, -0.05) is 6.92 Å². The third kappa shape index (κ3) is 6.71. The Hall–Kier alpha value is -0.780. The van der Waals surface area contributed by atoms with E-state index in [4.69, 9.17) is 5.11 Å². The molecule has 0 heterocycles. The van der Waals surface area contributed by atoms with E-state index in [1.807, 2.05) is 0 Å². The van der Waals surface area contributed by atoms with Crippen LogP contribution < -0.4 is 5.32 Å². The van der Waals surface area contributed by atoms with Gasteiger partial charge in [0.25, 0.3) is 0 Å². The average Bonchev–Trinajstić information content (AvgIpc) is 2.09. The zero-order valence-corrected chi connectivity index (χ0v) is 7.90. The van der Waals surface area contributed by atoms with Crippen molar-refractivity contribution < 1.29 is 23.1 Å². The van der Waals surface area contributed by atoms with E-state index in [-0.39, 0.29) is 6.61 Å². The molecule has 0 rings (SSSR count). The normalized spacial score (nSPS) is 13.8. The molecule has 0 aliphatic carbocycles. The summed E-state index contributed by atoms with van der Waals surface area (Å²) in [4.78, 5) is 10.9. The van der Waals surface area contributed by atoms with Crippen molar-refractivity contribution in [3.8, 4) is 0 Å². The van der Waals surface area contributed by atoms with Crippen LogP contribution in [0.2, 0.25) is 0 Å². The number of alkyl halides is 3. The highest BCUT2D eigenvalue weighted by atomic mass is 19.4. The molecule has 0 aromatic carbocycles. The van der Waals surface area contributed by atoms with E-state index < -0.39 is 31.0 Å². The van der Waals surface area contributed by atoms with E-state index in [2.05, 4.69) is 5.32 Å². The number of amides is 1. The van der Waals surface area contributed by atoms with E-state index in [1.54, 1.807) is 6.92 Å². The zero-order valence-electron chi connectivity index (χ0n) is 7.90. The highest BCUT2D eigenvalue weighted by molar-refractivity contribution is 5.76. The van der Waals surface area contributed by atoms with Crippen LogP contribution in [-0.4, -0.2) is 29.8 Å². The minimum absolute atomic E-state index is 0.256. The van der Waals surface area contributed by atoms with Gasteiger partial charge in [-0.25, -0.2) is 0 Å². The highest BCUT2D eigenvalue weighted by Crippen LogP contribution is 2.20. The maximum atomic E-state index is 11.7. The van der Waals surface area contributed by atoms with Crippen molar-refractivity contribution in [3.05, 3.63) is 0 Å². The lowest BCUT2D eigenvalue weighted by Crippen LogP contribution is -2.37. The third-order valence-electron chi connectivity index (χ3n) is 1.71. The molecule has 1 amide bonds. The van der Waals surface area contributed by atoms with Crippen LogP contribution >= 0.6 is 0 Å². The van der Waals surface area contributed by atoms with E-state index in [0.717, 1.165) is 0 Å². The molecular formula is C8H14F3NO2. The first-order valence-electron chi connectivity index (χ1n) is 4.36. The Morgan fingerprint density at radius 1 is 1.50 bits per heavy atom. The first-order chi connectivity index (χ1) is 6.39. The molecule has 2 N–H and O–H groups in total. The Balaban J connectivity index is 3.75. The lowest BCUT2D eigenvalue weighted by molar-refractivity contribution is -0.144. The summed E-state index contributed by atoms with van der Waals surface area (Å²) in [5.41, 5.74) is 0. The minimum atomic E-state index is -4.31. The fraction of sp³-hybridized carbons (Fsp3) is 0.875. The number of carbonyl (C=O) groups is 1. The lowest BCUT2D eigenvalue weighted by Gasteiger charge is -2.14. The molecule has 14 heavy (non-hydrogen) atoms. The molecule has 6 heteroatoms. The van der Waals surface area contributed by atoms with Gasteiger partial charge in [-0.05, 0) is 6.42 Å². The summed E-state index contributed by atoms with van der Waals surface area (Å²) >= 11 is 0. The molecule has 0 aromatic heterocycles. The van der Waals surface area contributed by atoms with Crippen LogP contribution in [0.25, 0.3) is 0 Å². The summed E-state index contributed by atoms with van der Waals surface area (Å²) in [5.74, 6) is -0.678. The summed E-state index contributed by atoms with van der Waals surface area (Å²) in [5, 5.41) is 11.0. The van der Waals surface area contributed by atoms with Crippen LogP contribution in [0, 0.1) is 0 Å². The molecule has 0 radical (unpaired) electrons. The van der Waals surface area contributed by atoms with Crippen LogP contribution in [0.15, 0.2) is 0 Å². The molecule has 0 fully saturated rings. The van der Waals surface area contributed by atoms with E-state index in [0.29, 0.717) is 6.42 Å². The third-order valence-corrected chi connectivity index (χ3v) is 1.71. The molecule has 84 valence electrons. The molecule has 3 nitrogen and oxygen atoms in total. The number of aliphatic hydroxyl groups is 1. The molecular weight excluding hydrogens is 199 g/mol. The Bertz CT molecular complexity index is 178. The predicted molar refractivity (Wildman–Crippen MR) is 44.6 cm³/mol. The topological polar surface area (TPSA) is 49.3 Å². The molecule has 0 saturated carbocycles. The maximum absolute atomic E-state index is 11.7. The van der Waals surface area contributed by atoms with Crippen LogP contribution in [0.1, 0.15) is 26.2 Å². The summed E-state index contributed by atoms with van der Waals surface area (Å²) in [6.45, 7) is 1.47. The standard InChI is InChI=1S/C8H14F3NO2/c1-2-6(5-13)12-7(14)3-4-8(9,10)11/h6,13H,2-5H2,1H3,(H,12,14)/t6-/m0/s1. The van der Waals surface area contributed by atoms with Crippen LogP contribution in [0.4, 0.5) is 13.2 Å². The fourth-order valence-corrected chi connectivity index (χ4v) is 0.832. The van der Waals surface area contributed by atoms with Gasteiger partial charge in [0, 0.05) is 6.42 Å². The number of carbonyl (C=O) groups excluding carboxylic acids is 1. The predicted octanol–water partition coefficient (Wildman–Crippen LogP) is 1.22. The monoisotopic (exact) mass is 213 g/mol. The molecule has 0 bridgehead atoms. The second-order valence-corrected chi connectivity index (χ2v) is 2.97. The summed E-state index contributed by atoms with van der Waals surface area (Å²) < 4.78 is 35.1. The number of halogens is 3. The number of aliphatic hydroxyl groups excluding tert-OH is 1. The van der Waals surface area contributed by atoms with E-state index in [9.17, 15) is 18.0 Å². The van der Waals surface area contributed by atoms with Crippen molar-refractivity contribution in [2.45, 2.75) is 38.4 Å². The number of hydrogen-bond donors (Lipinski definition) is 2. The molecule has 0 spiro atoms. The Morgan fingerprint density at radius 3 is 2.43 bits per heavy atom. The number of rotatable bonds is 5. The van der Waals surface area contributed by atoms with E-state index in [1.165, 1.54) is 0 Å². The first-order valence-corrected chi connectivity index (χ1v) is 4.36. The van der Waals surface area contributed by atoms with Gasteiger partial charge in [0.1, 0.15) is 0 Å². The van der Waals surface area contributed by atoms with Crippen molar-refractivity contribution in [3.63, 3.8) is 0 Å². The van der Waals surface area contributed by atoms with Gasteiger partial charge in [0.2, 0.25) is 5.91 Å². The molecule has 1 atom stereocenters. The Kier molecular flexibility index (Phi) is 5.52. The highest BCUT2D eigenvalue weighted by Gasteiger charge is 2.28. The van der Waals surface area contributed by atoms with Crippen molar-refractivity contribution in [1.82, 2.24) is 5.32 Å². The quantitative estimate of drug-likeness (QED) is 0.721. The van der Waals surface area contributed by atoms with Gasteiger partial charge in [-0.15, -0.1) is 0 Å². The summed E-state index contributed by atoms with van der Waals surface area (Å²) in [6, 6.07) is -0.448. The largest absolute Gasteiger partial charge is 0.394 e. The molecule has 0 aromatic rings. The number of nitrogens with one attached hydrogen (secondary N) is 1. The lowest BCUT2D eigenvalue weighted by atomic mass is 10.2. The first kappa shape index (κ1) is 13.2. The molecule has 0 aliphatic heterocycles. The van der Waals surface area contributed by atoms with Gasteiger partial charge in [-0.3, -0.25) is 4.79 Å². The average molecular weight is 213 g/mol.